The summed E-state index contributed by atoms with van der Waals surface area (Å²) in [5.41, 5.74) is -1.62. The number of ketones is 1. The summed E-state index contributed by atoms with van der Waals surface area (Å²) in [7, 11) is 0. The van der Waals surface area contributed by atoms with Crippen molar-refractivity contribution < 1.29 is 37.0 Å². The molecule has 33 heavy (non-hydrogen) atoms. The predicted molar refractivity (Wildman–Crippen MR) is 110 cm³/mol. The number of alkyl halides is 3. The Hall–Kier alpha value is -3.50. The van der Waals surface area contributed by atoms with Crippen LogP contribution in [0, 0.1) is 5.92 Å². The number of rotatable bonds is 4. The number of halogens is 3. The summed E-state index contributed by atoms with van der Waals surface area (Å²) >= 11 is 0. The second-order valence-electron chi connectivity index (χ2n) is 8.63. The average molecular weight is 465 g/mol. The van der Waals surface area contributed by atoms with Gasteiger partial charge in [0.05, 0.1) is 0 Å². The van der Waals surface area contributed by atoms with Crippen molar-refractivity contribution in [1.29, 1.82) is 0 Å². The molecule has 1 aromatic carbocycles. The van der Waals surface area contributed by atoms with Gasteiger partial charge in [-0.3, -0.25) is 14.4 Å². The molecule has 0 bridgehead atoms. The maximum absolute atomic E-state index is 13.2. The number of carbonyl (C=O) groups excluding carboxylic acids is 3. The first-order valence-corrected chi connectivity index (χ1v) is 10.0. The number of hydrogen-bond donors (Lipinski definition) is 1. The van der Waals surface area contributed by atoms with Crippen LogP contribution < -0.4 is 10.1 Å². The maximum Gasteiger partial charge on any atom is 0.433 e. The zero-order chi connectivity index (χ0) is 24.6. The van der Waals surface area contributed by atoms with E-state index in [0.717, 1.165) is 0 Å². The Labute approximate surface area is 187 Å². The third-order valence-corrected chi connectivity index (χ3v) is 4.63. The van der Waals surface area contributed by atoms with Gasteiger partial charge in [0.25, 0.3) is 0 Å². The number of nitrogens with zero attached hydrogens (tertiary/aromatic N) is 2. The fourth-order valence-electron chi connectivity index (χ4n) is 2.99. The lowest BCUT2D eigenvalue weighted by atomic mass is 9.95. The van der Waals surface area contributed by atoms with Crippen molar-refractivity contribution in [1.82, 2.24) is 9.97 Å². The quantitative estimate of drug-likeness (QED) is 0.536. The van der Waals surface area contributed by atoms with Gasteiger partial charge >= 0.3 is 12.1 Å². The van der Waals surface area contributed by atoms with Crippen molar-refractivity contribution in [3.63, 3.8) is 0 Å². The van der Waals surface area contributed by atoms with E-state index in [0.29, 0.717) is 6.07 Å². The van der Waals surface area contributed by atoms with Crippen LogP contribution in [-0.4, -0.2) is 33.7 Å². The van der Waals surface area contributed by atoms with Gasteiger partial charge in [-0.2, -0.15) is 18.2 Å². The van der Waals surface area contributed by atoms with E-state index in [-0.39, 0.29) is 29.6 Å². The number of nitrogens with one attached hydrogen (secondary N) is 1. The van der Waals surface area contributed by atoms with Crippen molar-refractivity contribution in [2.24, 2.45) is 5.92 Å². The molecule has 11 heteroatoms. The van der Waals surface area contributed by atoms with Gasteiger partial charge in [0, 0.05) is 23.6 Å². The third-order valence-electron chi connectivity index (χ3n) is 4.63. The van der Waals surface area contributed by atoms with Crippen LogP contribution >= 0.6 is 0 Å². The third kappa shape index (κ3) is 5.85. The van der Waals surface area contributed by atoms with E-state index < -0.39 is 47.0 Å². The molecule has 0 saturated carbocycles. The summed E-state index contributed by atoms with van der Waals surface area (Å²) in [4.78, 5) is 43.9. The van der Waals surface area contributed by atoms with Gasteiger partial charge < -0.3 is 14.8 Å². The Bertz CT molecular complexity index is 1030. The highest BCUT2D eigenvalue weighted by atomic mass is 19.4. The number of cyclic esters (lactones) is 1. The van der Waals surface area contributed by atoms with E-state index in [1.54, 1.807) is 27.7 Å². The number of Topliss-reactive ketones (excluding diaryl/α,β-unsaturated/α-hetero) is 1. The van der Waals surface area contributed by atoms with Gasteiger partial charge in [-0.05, 0) is 31.2 Å². The lowest BCUT2D eigenvalue weighted by Gasteiger charge is -2.24. The smallest absolute Gasteiger partial charge is 0.433 e. The summed E-state index contributed by atoms with van der Waals surface area (Å²) in [6.45, 7) is 6.59. The van der Waals surface area contributed by atoms with E-state index in [4.69, 9.17) is 9.47 Å². The van der Waals surface area contributed by atoms with Crippen LogP contribution in [0.15, 0.2) is 30.3 Å². The number of hydrogen-bond acceptors (Lipinski definition) is 7. The topological polar surface area (TPSA) is 107 Å². The molecule has 176 valence electrons. The van der Waals surface area contributed by atoms with Crippen LogP contribution in [-0.2, 0) is 30.7 Å². The van der Waals surface area contributed by atoms with E-state index >= 15 is 0 Å². The lowest BCUT2D eigenvalue weighted by molar-refractivity contribution is -0.165. The second-order valence-corrected chi connectivity index (χ2v) is 8.63. The molecule has 0 spiro atoms. The van der Waals surface area contributed by atoms with E-state index in [9.17, 15) is 27.6 Å². The number of amides is 1. The number of carbonyl (C=O) groups is 3. The highest BCUT2D eigenvalue weighted by Gasteiger charge is 2.41. The number of anilines is 1. The van der Waals surface area contributed by atoms with Gasteiger partial charge in [-0.15, -0.1) is 0 Å². The van der Waals surface area contributed by atoms with Crippen LogP contribution in [0.5, 0.6) is 11.6 Å². The van der Waals surface area contributed by atoms with Gasteiger partial charge in [0.1, 0.15) is 17.7 Å². The minimum atomic E-state index is -4.68. The molecule has 2 atom stereocenters. The summed E-state index contributed by atoms with van der Waals surface area (Å²) < 4.78 is 50.1. The average Bonchev–Trinajstić information content (AvgIpc) is 2.67. The Kier molecular flexibility index (Phi) is 6.44. The first-order chi connectivity index (χ1) is 15.2. The molecule has 1 N–H and O–H groups in total. The molecule has 1 aliphatic rings. The molecule has 1 aliphatic heterocycles. The van der Waals surface area contributed by atoms with Crippen LogP contribution in [0.25, 0.3) is 0 Å². The summed E-state index contributed by atoms with van der Waals surface area (Å²) in [6, 6.07) is 6.30. The minimum absolute atomic E-state index is 0.0328. The van der Waals surface area contributed by atoms with Crippen LogP contribution in [0.2, 0.25) is 0 Å². The van der Waals surface area contributed by atoms with Crippen LogP contribution in [0.4, 0.5) is 18.9 Å². The Morgan fingerprint density at radius 2 is 1.76 bits per heavy atom. The maximum atomic E-state index is 13.2. The fourth-order valence-corrected chi connectivity index (χ4v) is 2.99. The van der Waals surface area contributed by atoms with Crippen molar-refractivity contribution in [2.75, 3.05) is 5.32 Å². The molecule has 1 aromatic heterocycles. The van der Waals surface area contributed by atoms with Crippen molar-refractivity contribution in [3.05, 3.63) is 41.9 Å². The fraction of sp³-hybridized carbons (Fsp3) is 0.409. The molecule has 1 fully saturated rings. The van der Waals surface area contributed by atoms with E-state index in [1.807, 2.05) is 0 Å². The van der Waals surface area contributed by atoms with Crippen LogP contribution in [0.3, 0.4) is 0 Å². The van der Waals surface area contributed by atoms with Crippen molar-refractivity contribution in [2.45, 2.75) is 51.8 Å². The van der Waals surface area contributed by atoms with Crippen LogP contribution in [0.1, 0.15) is 45.6 Å². The van der Waals surface area contributed by atoms with Gasteiger partial charge in [0.15, 0.2) is 17.4 Å². The summed E-state index contributed by atoms with van der Waals surface area (Å²) in [6.07, 6.45) is -5.31. The summed E-state index contributed by atoms with van der Waals surface area (Å²) in [5, 5.41) is 2.45. The van der Waals surface area contributed by atoms with E-state index in [1.165, 1.54) is 24.3 Å². The van der Waals surface area contributed by atoms with E-state index in [2.05, 4.69) is 15.3 Å². The molecule has 3 rings (SSSR count). The molecule has 2 heterocycles. The van der Waals surface area contributed by atoms with Gasteiger partial charge in [-0.1, -0.05) is 20.8 Å². The Morgan fingerprint density at radius 3 is 2.30 bits per heavy atom. The number of benzene rings is 1. The lowest BCUT2D eigenvalue weighted by Crippen LogP contribution is -2.43. The van der Waals surface area contributed by atoms with Gasteiger partial charge in [0.2, 0.25) is 11.8 Å². The molecule has 1 amide bonds. The standard InChI is InChI=1S/C22H22F3N3O5/c1-11-9-14(29)17(19(31)32-11)18(30)26-12-5-7-13(8-6-12)33-16-10-15(22(23,24)25)27-20(28-16)21(2,3)4/h5-8,10-11,17H,9H2,1-4H3,(H,26,30). The minimum Gasteiger partial charge on any atom is -0.461 e. The molecular weight excluding hydrogens is 443 g/mol. The molecule has 8 nitrogen and oxygen atoms in total. The van der Waals surface area contributed by atoms with Gasteiger partial charge in [-0.25, -0.2) is 4.98 Å². The number of esters is 1. The largest absolute Gasteiger partial charge is 0.461 e. The van der Waals surface area contributed by atoms with Crippen molar-refractivity contribution in [3.8, 4) is 11.6 Å². The number of aromatic nitrogens is 2. The highest BCUT2D eigenvalue weighted by molar-refractivity contribution is 6.21. The first-order valence-electron chi connectivity index (χ1n) is 10.0. The molecule has 1 saturated heterocycles. The molecular formula is C22H22F3N3O5. The second kappa shape index (κ2) is 8.80. The summed E-state index contributed by atoms with van der Waals surface area (Å²) in [5.74, 6) is -3.98. The normalized spacial score (nSPS) is 19.1. The molecule has 2 aromatic rings. The first kappa shape index (κ1) is 24.1. The zero-order valence-corrected chi connectivity index (χ0v) is 18.3. The molecule has 0 aliphatic carbocycles. The predicted octanol–water partition coefficient (Wildman–Crippen LogP) is 4.04. The Morgan fingerprint density at radius 1 is 1.12 bits per heavy atom. The molecule has 2 unspecified atom stereocenters. The SMILES string of the molecule is CC1CC(=O)C(C(=O)Nc2ccc(Oc3cc(C(F)(F)F)nc(C(C)(C)C)n3)cc2)C(=O)O1. The molecule has 0 radical (unpaired) electrons. The Balaban J connectivity index is 1.75. The zero-order valence-electron chi connectivity index (χ0n) is 18.3. The highest BCUT2D eigenvalue weighted by Crippen LogP contribution is 2.33. The number of ether oxygens (including phenoxy) is 2. The van der Waals surface area contributed by atoms with Crippen molar-refractivity contribution >= 4 is 23.3 Å². The monoisotopic (exact) mass is 465 g/mol.